The molecule has 1 aliphatic rings. The SMILES string of the molecule is Cc1ccc(S(=O)(=O)NNC(=O)C2CCCO2)c(Cl)c1. The van der Waals surface area contributed by atoms with Crippen LogP contribution in [-0.2, 0) is 19.6 Å². The molecule has 20 heavy (non-hydrogen) atoms. The van der Waals surface area contributed by atoms with Crippen LogP contribution in [0.15, 0.2) is 23.1 Å². The van der Waals surface area contributed by atoms with Gasteiger partial charge >= 0.3 is 0 Å². The highest BCUT2D eigenvalue weighted by atomic mass is 35.5. The first-order valence-corrected chi connectivity index (χ1v) is 7.96. The molecule has 1 fully saturated rings. The quantitative estimate of drug-likeness (QED) is 0.815. The number of halogens is 1. The zero-order valence-electron chi connectivity index (χ0n) is 10.8. The van der Waals surface area contributed by atoms with Gasteiger partial charge in [-0.05, 0) is 37.5 Å². The minimum Gasteiger partial charge on any atom is -0.368 e. The molecule has 8 heteroatoms. The molecule has 1 amide bonds. The van der Waals surface area contributed by atoms with Crippen LogP contribution in [0.3, 0.4) is 0 Å². The van der Waals surface area contributed by atoms with Crippen molar-refractivity contribution in [3.05, 3.63) is 28.8 Å². The van der Waals surface area contributed by atoms with Crippen molar-refractivity contribution in [1.82, 2.24) is 10.3 Å². The molecule has 0 aliphatic carbocycles. The lowest BCUT2D eigenvalue weighted by Crippen LogP contribution is -2.46. The van der Waals surface area contributed by atoms with Crippen LogP contribution in [0.1, 0.15) is 18.4 Å². The fraction of sp³-hybridized carbons (Fsp3) is 0.417. The van der Waals surface area contributed by atoms with Crippen molar-refractivity contribution in [1.29, 1.82) is 0 Å². The van der Waals surface area contributed by atoms with Gasteiger partial charge in [0, 0.05) is 6.61 Å². The topological polar surface area (TPSA) is 84.5 Å². The number of benzene rings is 1. The third-order valence-electron chi connectivity index (χ3n) is 2.91. The third-order valence-corrected chi connectivity index (χ3v) is 4.64. The smallest absolute Gasteiger partial charge is 0.264 e. The second-order valence-corrected chi connectivity index (χ2v) is 6.59. The normalized spacial score (nSPS) is 19.0. The number of nitrogens with one attached hydrogen (secondary N) is 2. The molecule has 1 unspecified atom stereocenters. The zero-order chi connectivity index (χ0) is 14.8. The Hall–Kier alpha value is -1.15. The number of ether oxygens (including phenoxy) is 1. The fourth-order valence-corrected chi connectivity index (χ4v) is 3.31. The van der Waals surface area contributed by atoms with Crippen LogP contribution in [0.4, 0.5) is 0 Å². The maximum atomic E-state index is 12.0. The Kier molecular flexibility index (Phi) is 4.64. The average Bonchev–Trinajstić information content (AvgIpc) is 2.89. The number of hydrogen-bond donors (Lipinski definition) is 2. The zero-order valence-corrected chi connectivity index (χ0v) is 12.4. The van der Waals surface area contributed by atoms with Crippen LogP contribution >= 0.6 is 11.6 Å². The number of sulfonamides is 1. The first-order chi connectivity index (χ1) is 9.40. The molecule has 1 saturated heterocycles. The van der Waals surface area contributed by atoms with E-state index in [9.17, 15) is 13.2 Å². The minimum atomic E-state index is -3.90. The summed E-state index contributed by atoms with van der Waals surface area (Å²) < 4.78 is 29.2. The Morgan fingerprint density at radius 3 is 2.80 bits per heavy atom. The number of rotatable bonds is 4. The molecule has 1 atom stereocenters. The molecule has 0 spiro atoms. The Labute approximate surface area is 122 Å². The van der Waals surface area contributed by atoms with Gasteiger partial charge < -0.3 is 4.74 Å². The van der Waals surface area contributed by atoms with E-state index in [0.29, 0.717) is 13.0 Å². The van der Waals surface area contributed by atoms with Gasteiger partial charge in [0.1, 0.15) is 11.0 Å². The highest BCUT2D eigenvalue weighted by molar-refractivity contribution is 7.89. The predicted molar refractivity (Wildman–Crippen MR) is 73.6 cm³/mol. The van der Waals surface area contributed by atoms with Crippen LogP contribution in [-0.4, -0.2) is 27.0 Å². The van der Waals surface area contributed by atoms with E-state index >= 15 is 0 Å². The first-order valence-electron chi connectivity index (χ1n) is 6.09. The second kappa shape index (κ2) is 6.09. The van der Waals surface area contributed by atoms with Crippen molar-refractivity contribution >= 4 is 27.5 Å². The molecule has 2 N–H and O–H groups in total. The van der Waals surface area contributed by atoms with Crippen molar-refractivity contribution in [2.75, 3.05) is 6.61 Å². The van der Waals surface area contributed by atoms with E-state index in [4.69, 9.17) is 16.3 Å². The van der Waals surface area contributed by atoms with Crippen LogP contribution < -0.4 is 10.3 Å². The molecular weight excluding hydrogens is 304 g/mol. The van der Waals surface area contributed by atoms with Gasteiger partial charge in [0.25, 0.3) is 15.9 Å². The van der Waals surface area contributed by atoms with E-state index < -0.39 is 22.0 Å². The molecule has 2 rings (SSSR count). The number of amides is 1. The highest BCUT2D eigenvalue weighted by Crippen LogP contribution is 2.22. The van der Waals surface area contributed by atoms with Gasteiger partial charge in [0.15, 0.2) is 0 Å². The van der Waals surface area contributed by atoms with E-state index in [1.807, 2.05) is 4.83 Å². The van der Waals surface area contributed by atoms with Gasteiger partial charge in [0.2, 0.25) is 0 Å². The molecule has 0 radical (unpaired) electrons. The summed E-state index contributed by atoms with van der Waals surface area (Å²) in [5.74, 6) is -0.505. The first kappa shape index (κ1) is 15.2. The molecule has 0 aromatic heterocycles. The van der Waals surface area contributed by atoms with Crippen molar-refractivity contribution < 1.29 is 17.9 Å². The molecule has 0 saturated carbocycles. The average molecular weight is 319 g/mol. The van der Waals surface area contributed by atoms with Gasteiger partial charge in [-0.3, -0.25) is 10.2 Å². The Morgan fingerprint density at radius 2 is 2.20 bits per heavy atom. The highest BCUT2D eigenvalue weighted by Gasteiger charge is 2.25. The van der Waals surface area contributed by atoms with Crippen LogP contribution in [0.5, 0.6) is 0 Å². The largest absolute Gasteiger partial charge is 0.368 e. The summed E-state index contributed by atoms with van der Waals surface area (Å²) in [6.07, 6.45) is 0.763. The van der Waals surface area contributed by atoms with Gasteiger partial charge in [-0.25, -0.2) is 8.42 Å². The third kappa shape index (κ3) is 3.49. The number of aryl methyl sites for hydroxylation is 1. The summed E-state index contributed by atoms with van der Waals surface area (Å²) in [7, 11) is -3.90. The van der Waals surface area contributed by atoms with Crippen molar-refractivity contribution in [2.45, 2.75) is 30.8 Å². The molecule has 110 valence electrons. The van der Waals surface area contributed by atoms with Crippen molar-refractivity contribution in [3.63, 3.8) is 0 Å². The summed E-state index contributed by atoms with van der Waals surface area (Å²) in [5.41, 5.74) is 2.99. The Morgan fingerprint density at radius 1 is 1.45 bits per heavy atom. The summed E-state index contributed by atoms with van der Waals surface area (Å²) in [6, 6.07) is 4.55. The van der Waals surface area contributed by atoms with E-state index in [1.54, 1.807) is 13.0 Å². The predicted octanol–water partition coefficient (Wildman–Crippen LogP) is 1.14. The molecule has 1 heterocycles. The number of carbonyl (C=O) groups is 1. The van der Waals surface area contributed by atoms with Gasteiger partial charge in [-0.2, -0.15) is 0 Å². The summed E-state index contributed by atoms with van der Waals surface area (Å²) >= 11 is 5.90. The van der Waals surface area contributed by atoms with Crippen LogP contribution in [0, 0.1) is 6.92 Å². The maximum Gasteiger partial charge on any atom is 0.264 e. The molecule has 1 aromatic rings. The molecule has 6 nitrogen and oxygen atoms in total. The summed E-state index contributed by atoms with van der Waals surface area (Å²) in [4.78, 5) is 13.6. The lowest BCUT2D eigenvalue weighted by atomic mass is 10.2. The van der Waals surface area contributed by atoms with Gasteiger partial charge in [-0.1, -0.05) is 17.7 Å². The number of hydrazine groups is 1. The minimum absolute atomic E-state index is 0.0857. The van der Waals surface area contributed by atoms with E-state index in [0.717, 1.165) is 12.0 Å². The number of hydrogen-bond acceptors (Lipinski definition) is 4. The fourth-order valence-electron chi connectivity index (χ4n) is 1.86. The van der Waals surface area contributed by atoms with E-state index in [2.05, 4.69) is 5.43 Å². The lowest BCUT2D eigenvalue weighted by Gasteiger charge is -2.12. The second-order valence-electron chi connectivity index (χ2n) is 4.53. The molecular formula is C12H15ClN2O4S. The Bertz CT molecular complexity index is 612. The van der Waals surface area contributed by atoms with Crippen LogP contribution in [0.25, 0.3) is 0 Å². The Balaban J connectivity index is 2.05. The van der Waals surface area contributed by atoms with E-state index in [1.165, 1.54) is 12.1 Å². The summed E-state index contributed by atoms with van der Waals surface area (Å²) in [6.45, 7) is 2.31. The standard InChI is InChI=1S/C12H15ClN2O4S/c1-8-4-5-11(9(13)7-8)20(17,18)15-14-12(16)10-3-2-6-19-10/h4-5,7,10,15H,2-3,6H2,1H3,(H,14,16). The number of carbonyl (C=O) groups excluding carboxylic acids is 1. The van der Waals surface area contributed by atoms with Crippen molar-refractivity contribution in [3.8, 4) is 0 Å². The lowest BCUT2D eigenvalue weighted by molar-refractivity contribution is -0.130. The molecule has 0 bridgehead atoms. The van der Waals surface area contributed by atoms with Crippen molar-refractivity contribution in [2.24, 2.45) is 0 Å². The molecule has 1 aromatic carbocycles. The summed E-state index contributed by atoms with van der Waals surface area (Å²) in [5, 5.41) is 0.101. The van der Waals surface area contributed by atoms with E-state index in [-0.39, 0.29) is 9.92 Å². The monoisotopic (exact) mass is 318 g/mol. The molecule has 1 aliphatic heterocycles. The van der Waals surface area contributed by atoms with Gasteiger partial charge in [-0.15, -0.1) is 4.83 Å². The van der Waals surface area contributed by atoms with Gasteiger partial charge in [0.05, 0.1) is 5.02 Å². The van der Waals surface area contributed by atoms with Crippen LogP contribution in [0.2, 0.25) is 5.02 Å². The maximum absolute atomic E-state index is 12.0.